The van der Waals surface area contributed by atoms with E-state index in [2.05, 4.69) is 5.32 Å². The van der Waals surface area contributed by atoms with Gasteiger partial charge in [-0.2, -0.15) is 0 Å². The van der Waals surface area contributed by atoms with Gasteiger partial charge in [0.15, 0.2) is 6.61 Å². The largest absolute Gasteiger partial charge is 0.483 e. The number of nitrogens with zero attached hydrogens (tertiary/aromatic N) is 1. The molecule has 3 aromatic rings. The number of amides is 2. The summed E-state index contributed by atoms with van der Waals surface area (Å²) in [5.41, 5.74) is 2.48. The molecule has 1 aliphatic heterocycles. The van der Waals surface area contributed by atoms with Crippen LogP contribution in [0.2, 0.25) is 5.02 Å². The molecule has 30 heavy (non-hydrogen) atoms. The molecule has 7 heteroatoms. The number of rotatable bonds is 4. The van der Waals surface area contributed by atoms with Crippen LogP contribution in [0.25, 0.3) is 0 Å². The van der Waals surface area contributed by atoms with Gasteiger partial charge in [-0.25, -0.2) is 4.39 Å². The number of benzene rings is 3. The molecule has 0 unspecified atom stereocenters. The zero-order valence-electron chi connectivity index (χ0n) is 15.9. The lowest BCUT2D eigenvalue weighted by molar-refractivity contribution is -0.133. The van der Waals surface area contributed by atoms with Crippen molar-refractivity contribution in [1.29, 1.82) is 0 Å². The van der Waals surface area contributed by atoms with E-state index in [0.29, 0.717) is 29.5 Å². The van der Waals surface area contributed by atoms with E-state index in [1.165, 1.54) is 24.3 Å². The number of carbonyl (C=O) groups excluding carboxylic acids is 2. The van der Waals surface area contributed by atoms with E-state index in [0.717, 1.165) is 11.1 Å². The van der Waals surface area contributed by atoms with Gasteiger partial charge in [-0.1, -0.05) is 29.8 Å². The van der Waals surface area contributed by atoms with Gasteiger partial charge in [-0.15, -0.1) is 0 Å². The summed E-state index contributed by atoms with van der Waals surface area (Å²) >= 11 is 5.93. The summed E-state index contributed by atoms with van der Waals surface area (Å²) in [5, 5.41) is 3.39. The number of nitrogens with one attached hydrogen (secondary N) is 1. The van der Waals surface area contributed by atoms with Crippen molar-refractivity contribution >= 4 is 29.1 Å². The van der Waals surface area contributed by atoms with E-state index < -0.39 is 11.7 Å². The predicted molar refractivity (Wildman–Crippen MR) is 112 cm³/mol. The van der Waals surface area contributed by atoms with Crippen LogP contribution in [0.3, 0.4) is 0 Å². The van der Waals surface area contributed by atoms with Crippen LogP contribution in [-0.4, -0.2) is 23.3 Å². The summed E-state index contributed by atoms with van der Waals surface area (Å²) in [5.74, 6) is -0.440. The molecule has 0 saturated heterocycles. The number of carbonyl (C=O) groups is 2. The third-order valence-electron chi connectivity index (χ3n) is 4.76. The average Bonchev–Trinajstić information content (AvgIpc) is 2.88. The first kappa shape index (κ1) is 19.9. The number of hydrogen-bond acceptors (Lipinski definition) is 3. The Morgan fingerprint density at radius 3 is 2.67 bits per heavy atom. The van der Waals surface area contributed by atoms with Crippen molar-refractivity contribution in [2.75, 3.05) is 11.9 Å². The molecule has 2 amide bonds. The molecule has 0 aromatic heterocycles. The molecule has 5 nitrogen and oxygen atoms in total. The Balaban J connectivity index is 1.53. The maximum atomic E-state index is 13.4. The first-order valence-electron chi connectivity index (χ1n) is 9.33. The lowest BCUT2D eigenvalue weighted by Crippen LogP contribution is -2.31. The summed E-state index contributed by atoms with van der Waals surface area (Å²) < 4.78 is 19.0. The highest BCUT2D eigenvalue weighted by Gasteiger charge is 2.22. The molecule has 0 saturated carbocycles. The highest BCUT2D eigenvalue weighted by atomic mass is 35.5. The fourth-order valence-electron chi connectivity index (χ4n) is 3.23. The molecule has 152 valence electrons. The van der Waals surface area contributed by atoms with Crippen molar-refractivity contribution in [3.05, 3.63) is 94.3 Å². The van der Waals surface area contributed by atoms with Gasteiger partial charge in [0, 0.05) is 34.9 Å². The Hall–Kier alpha value is -3.38. The highest BCUT2D eigenvalue weighted by molar-refractivity contribution is 6.30. The molecular formula is C23H18ClFN2O3. The summed E-state index contributed by atoms with van der Waals surface area (Å²) in [4.78, 5) is 26.6. The summed E-state index contributed by atoms with van der Waals surface area (Å²) in [7, 11) is 0. The van der Waals surface area contributed by atoms with Crippen molar-refractivity contribution in [1.82, 2.24) is 4.90 Å². The third kappa shape index (κ3) is 4.60. The minimum atomic E-state index is -0.477. The number of fused-ring (bicyclic) bond motifs is 1. The monoisotopic (exact) mass is 424 g/mol. The Bertz CT molecular complexity index is 1100. The number of ether oxygens (including phenoxy) is 1. The van der Waals surface area contributed by atoms with E-state index in [1.54, 1.807) is 35.2 Å². The van der Waals surface area contributed by atoms with Gasteiger partial charge in [-0.3, -0.25) is 9.59 Å². The minimum absolute atomic E-state index is 0.0599. The molecule has 4 rings (SSSR count). The van der Waals surface area contributed by atoms with Crippen LogP contribution in [0.4, 0.5) is 10.1 Å². The fourth-order valence-corrected chi connectivity index (χ4v) is 3.36. The second-order valence-electron chi connectivity index (χ2n) is 6.95. The van der Waals surface area contributed by atoms with Crippen molar-refractivity contribution in [2.45, 2.75) is 13.1 Å². The number of hydrogen-bond donors (Lipinski definition) is 1. The van der Waals surface area contributed by atoms with Crippen molar-refractivity contribution < 1.29 is 18.7 Å². The molecule has 0 bridgehead atoms. The zero-order valence-corrected chi connectivity index (χ0v) is 16.7. The molecule has 0 radical (unpaired) electrons. The second-order valence-corrected chi connectivity index (χ2v) is 7.39. The highest BCUT2D eigenvalue weighted by Crippen LogP contribution is 2.28. The topological polar surface area (TPSA) is 58.6 Å². The van der Waals surface area contributed by atoms with E-state index in [1.807, 2.05) is 12.1 Å². The summed E-state index contributed by atoms with van der Waals surface area (Å²) in [6, 6.07) is 18.0. The van der Waals surface area contributed by atoms with Crippen LogP contribution in [0, 0.1) is 5.82 Å². The molecule has 0 aliphatic carbocycles. The van der Waals surface area contributed by atoms with Crippen LogP contribution >= 0.6 is 11.6 Å². The van der Waals surface area contributed by atoms with E-state index in [4.69, 9.17) is 16.3 Å². The van der Waals surface area contributed by atoms with E-state index >= 15 is 0 Å². The fraction of sp³-hybridized carbons (Fsp3) is 0.130. The van der Waals surface area contributed by atoms with Gasteiger partial charge in [0.25, 0.3) is 11.8 Å². The Labute approximate surface area is 178 Å². The quantitative estimate of drug-likeness (QED) is 0.663. The third-order valence-corrected chi connectivity index (χ3v) is 5.01. The Morgan fingerprint density at radius 2 is 1.90 bits per heavy atom. The summed E-state index contributed by atoms with van der Waals surface area (Å²) in [6.45, 7) is 0.689. The molecule has 0 spiro atoms. The van der Waals surface area contributed by atoms with Gasteiger partial charge < -0.3 is 15.0 Å². The lowest BCUT2D eigenvalue weighted by atomic mass is 10.1. The SMILES string of the molecule is O=C(Nc1ccc2c(c1)CN(Cc1ccc(Cl)cc1)C(=O)CO2)c1cccc(F)c1. The zero-order chi connectivity index (χ0) is 21.1. The number of halogens is 2. The van der Waals surface area contributed by atoms with Crippen molar-refractivity contribution in [3.63, 3.8) is 0 Å². The van der Waals surface area contributed by atoms with Crippen molar-refractivity contribution in [2.24, 2.45) is 0 Å². The Kier molecular flexibility index (Phi) is 5.68. The van der Waals surface area contributed by atoms with Gasteiger partial charge in [0.05, 0.1) is 0 Å². The van der Waals surface area contributed by atoms with Crippen LogP contribution in [0.1, 0.15) is 21.5 Å². The second kappa shape index (κ2) is 8.55. The number of anilines is 1. The minimum Gasteiger partial charge on any atom is -0.483 e. The maximum Gasteiger partial charge on any atom is 0.261 e. The smallest absolute Gasteiger partial charge is 0.261 e. The lowest BCUT2D eigenvalue weighted by Gasteiger charge is -2.20. The van der Waals surface area contributed by atoms with Gasteiger partial charge in [0.1, 0.15) is 11.6 Å². The van der Waals surface area contributed by atoms with E-state index in [9.17, 15) is 14.0 Å². The normalized spacial score (nSPS) is 13.3. The Morgan fingerprint density at radius 1 is 1.10 bits per heavy atom. The van der Waals surface area contributed by atoms with Gasteiger partial charge in [0.2, 0.25) is 0 Å². The average molecular weight is 425 g/mol. The van der Waals surface area contributed by atoms with Gasteiger partial charge >= 0.3 is 0 Å². The van der Waals surface area contributed by atoms with Crippen LogP contribution in [0.15, 0.2) is 66.7 Å². The standard InChI is InChI=1S/C23H18ClFN2O3/c24-18-6-4-15(5-7-18)12-27-13-17-11-20(8-9-21(17)30-14-22(27)28)26-23(29)16-2-1-3-19(25)10-16/h1-11H,12-14H2,(H,26,29). The molecule has 1 N–H and O–H groups in total. The molecule has 0 atom stereocenters. The maximum absolute atomic E-state index is 13.4. The summed E-state index contributed by atoms with van der Waals surface area (Å²) in [6.07, 6.45) is 0. The first-order valence-corrected chi connectivity index (χ1v) is 9.70. The first-order chi connectivity index (χ1) is 14.5. The van der Waals surface area contributed by atoms with Crippen LogP contribution < -0.4 is 10.1 Å². The molecule has 1 heterocycles. The molecule has 1 aliphatic rings. The molecular weight excluding hydrogens is 407 g/mol. The predicted octanol–water partition coefficient (Wildman–Crippen LogP) is 4.65. The van der Waals surface area contributed by atoms with Crippen LogP contribution in [-0.2, 0) is 17.9 Å². The molecule has 3 aromatic carbocycles. The van der Waals surface area contributed by atoms with Crippen LogP contribution in [0.5, 0.6) is 5.75 Å². The van der Waals surface area contributed by atoms with E-state index in [-0.39, 0.29) is 18.1 Å². The van der Waals surface area contributed by atoms with Crippen molar-refractivity contribution in [3.8, 4) is 5.75 Å². The van der Waals surface area contributed by atoms with Gasteiger partial charge in [-0.05, 0) is 54.1 Å². The molecule has 0 fully saturated rings.